The van der Waals surface area contributed by atoms with Gasteiger partial charge in [0, 0.05) is 33.4 Å². The number of ether oxygens (including phenoxy) is 1. The Labute approximate surface area is 161 Å². The van der Waals surface area contributed by atoms with Crippen LogP contribution in [0, 0.1) is 0 Å². The standard InChI is InChI=1S/C20H19ClN2O2S/c1-3-26-14-6-7-15-16(11-25-19(15)10-14)22-20(24)18-8-12-4-5-13(21)9-17(12)23(18)2/h4-10,16H,3,11H2,1-2H3,(H,22,24). The third-order valence-corrected chi connectivity index (χ3v) is 5.73. The molecule has 2 aromatic carbocycles. The minimum atomic E-state index is -0.139. The van der Waals surface area contributed by atoms with Gasteiger partial charge in [-0.3, -0.25) is 4.79 Å². The molecule has 1 aliphatic rings. The van der Waals surface area contributed by atoms with E-state index in [0.29, 0.717) is 17.3 Å². The monoisotopic (exact) mass is 386 g/mol. The average Bonchev–Trinajstić information content (AvgIpc) is 3.17. The molecule has 0 radical (unpaired) electrons. The Morgan fingerprint density at radius 1 is 1.31 bits per heavy atom. The van der Waals surface area contributed by atoms with E-state index in [1.807, 2.05) is 41.9 Å². The summed E-state index contributed by atoms with van der Waals surface area (Å²) >= 11 is 7.85. The molecule has 4 nitrogen and oxygen atoms in total. The van der Waals surface area contributed by atoms with E-state index in [9.17, 15) is 4.79 Å². The highest BCUT2D eigenvalue weighted by atomic mass is 35.5. The van der Waals surface area contributed by atoms with Gasteiger partial charge >= 0.3 is 0 Å². The zero-order chi connectivity index (χ0) is 18.3. The summed E-state index contributed by atoms with van der Waals surface area (Å²) in [6, 6.07) is 13.6. The van der Waals surface area contributed by atoms with E-state index in [1.165, 1.54) is 4.90 Å². The molecule has 0 fully saturated rings. The van der Waals surface area contributed by atoms with Crippen LogP contribution in [0.2, 0.25) is 5.02 Å². The summed E-state index contributed by atoms with van der Waals surface area (Å²) in [4.78, 5) is 14.0. The van der Waals surface area contributed by atoms with Crippen LogP contribution >= 0.6 is 23.4 Å². The summed E-state index contributed by atoms with van der Waals surface area (Å²) in [5.74, 6) is 1.76. The molecule has 1 amide bonds. The molecule has 1 unspecified atom stereocenters. The molecule has 26 heavy (non-hydrogen) atoms. The van der Waals surface area contributed by atoms with Crippen molar-refractivity contribution in [1.29, 1.82) is 0 Å². The SMILES string of the molecule is CCSc1ccc2c(c1)OCC2NC(=O)c1cc2ccc(Cl)cc2n1C. The van der Waals surface area contributed by atoms with Gasteiger partial charge in [-0.15, -0.1) is 11.8 Å². The van der Waals surface area contributed by atoms with Gasteiger partial charge in [-0.25, -0.2) is 0 Å². The average molecular weight is 387 g/mol. The molecule has 134 valence electrons. The molecule has 0 spiro atoms. The number of nitrogens with zero attached hydrogens (tertiary/aromatic N) is 1. The van der Waals surface area contributed by atoms with Gasteiger partial charge in [0.15, 0.2) is 0 Å². The second-order valence-electron chi connectivity index (χ2n) is 6.26. The Bertz CT molecular complexity index is 999. The maximum Gasteiger partial charge on any atom is 0.268 e. The largest absolute Gasteiger partial charge is 0.491 e. The third kappa shape index (κ3) is 3.06. The van der Waals surface area contributed by atoms with E-state index in [0.717, 1.165) is 28.0 Å². The van der Waals surface area contributed by atoms with Gasteiger partial charge in [0.2, 0.25) is 0 Å². The predicted octanol–water partition coefficient (Wildman–Crippen LogP) is 4.81. The molecule has 1 atom stereocenters. The van der Waals surface area contributed by atoms with Crippen LogP contribution in [-0.4, -0.2) is 22.8 Å². The molecule has 6 heteroatoms. The van der Waals surface area contributed by atoms with Crippen molar-refractivity contribution >= 4 is 40.2 Å². The zero-order valence-electron chi connectivity index (χ0n) is 14.6. The van der Waals surface area contributed by atoms with Crippen LogP contribution in [-0.2, 0) is 7.05 Å². The van der Waals surface area contributed by atoms with Gasteiger partial charge in [0.25, 0.3) is 5.91 Å². The summed E-state index contributed by atoms with van der Waals surface area (Å²) < 4.78 is 7.66. The van der Waals surface area contributed by atoms with Crippen LogP contribution in [0.3, 0.4) is 0 Å². The molecule has 1 aliphatic heterocycles. The van der Waals surface area contributed by atoms with E-state index in [4.69, 9.17) is 16.3 Å². The van der Waals surface area contributed by atoms with Crippen molar-refractivity contribution in [1.82, 2.24) is 9.88 Å². The maximum atomic E-state index is 12.8. The Morgan fingerprint density at radius 3 is 2.96 bits per heavy atom. The third-order valence-electron chi connectivity index (χ3n) is 4.62. The van der Waals surface area contributed by atoms with Crippen LogP contribution in [0.5, 0.6) is 5.75 Å². The van der Waals surface area contributed by atoms with E-state index in [1.54, 1.807) is 11.8 Å². The van der Waals surface area contributed by atoms with Crippen LogP contribution in [0.15, 0.2) is 47.4 Å². The summed E-state index contributed by atoms with van der Waals surface area (Å²) in [7, 11) is 1.88. The molecular weight excluding hydrogens is 368 g/mol. The van der Waals surface area contributed by atoms with Crippen LogP contribution in [0.25, 0.3) is 10.9 Å². The molecule has 0 bridgehead atoms. The van der Waals surface area contributed by atoms with Crippen molar-refractivity contribution in [3.8, 4) is 5.75 Å². The highest BCUT2D eigenvalue weighted by Gasteiger charge is 2.27. The summed E-state index contributed by atoms with van der Waals surface area (Å²) in [6.45, 7) is 2.58. The topological polar surface area (TPSA) is 43.3 Å². The van der Waals surface area contributed by atoms with Crippen molar-refractivity contribution in [2.75, 3.05) is 12.4 Å². The first-order valence-electron chi connectivity index (χ1n) is 8.52. The quantitative estimate of drug-likeness (QED) is 0.654. The predicted molar refractivity (Wildman–Crippen MR) is 106 cm³/mol. The fourth-order valence-electron chi connectivity index (χ4n) is 3.32. The minimum Gasteiger partial charge on any atom is -0.491 e. The number of carbonyl (C=O) groups excluding carboxylic acids is 1. The van der Waals surface area contributed by atoms with Crippen molar-refractivity contribution in [2.24, 2.45) is 7.05 Å². The zero-order valence-corrected chi connectivity index (χ0v) is 16.2. The minimum absolute atomic E-state index is 0.117. The molecular formula is C20H19ClN2O2S. The number of nitrogens with one attached hydrogen (secondary N) is 1. The lowest BCUT2D eigenvalue weighted by molar-refractivity contribution is 0.0922. The number of aromatic nitrogens is 1. The first-order valence-corrected chi connectivity index (χ1v) is 9.88. The molecule has 0 saturated carbocycles. The maximum absolute atomic E-state index is 12.8. The van der Waals surface area contributed by atoms with Gasteiger partial charge < -0.3 is 14.6 Å². The summed E-state index contributed by atoms with van der Waals surface area (Å²) in [6.07, 6.45) is 0. The van der Waals surface area contributed by atoms with Crippen molar-refractivity contribution in [3.05, 3.63) is 58.7 Å². The van der Waals surface area contributed by atoms with Crippen LogP contribution in [0.1, 0.15) is 29.0 Å². The Hall–Kier alpha value is -2.11. The van der Waals surface area contributed by atoms with Gasteiger partial charge in [-0.2, -0.15) is 0 Å². The number of hydrogen-bond donors (Lipinski definition) is 1. The Balaban J connectivity index is 1.58. The molecule has 0 aliphatic carbocycles. The molecule has 4 rings (SSSR count). The second-order valence-corrected chi connectivity index (χ2v) is 8.04. The van der Waals surface area contributed by atoms with Crippen molar-refractivity contribution in [3.63, 3.8) is 0 Å². The van der Waals surface area contributed by atoms with Gasteiger partial charge in [-0.05, 0) is 36.1 Å². The van der Waals surface area contributed by atoms with Crippen LogP contribution in [0.4, 0.5) is 0 Å². The number of fused-ring (bicyclic) bond motifs is 2. The summed E-state index contributed by atoms with van der Waals surface area (Å²) in [5, 5.41) is 4.74. The van der Waals surface area contributed by atoms with Gasteiger partial charge in [0.05, 0.1) is 6.04 Å². The molecule has 3 aromatic rings. The first kappa shape index (κ1) is 17.3. The molecule has 1 aromatic heterocycles. The number of aryl methyl sites for hydroxylation is 1. The van der Waals surface area contributed by atoms with E-state index in [2.05, 4.69) is 24.4 Å². The van der Waals surface area contributed by atoms with E-state index >= 15 is 0 Å². The number of carbonyl (C=O) groups is 1. The summed E-state index contributed by atoms with van der Waals surface area (Å²) in [5.41, 5.74) is 2.57. The highest BCUT2D eigenvalue weighted by Crippen LogP contribution is 2.36. The Morgan fingerprint density at radius 2 is 2.15 bits per heavy atom. The lowest BCUT2D eigenvalue weighted by atomic mass is 10.1. The van der Waals surface area contributed by atoms with Crippen molar-refractivity contribution in [2.45, 2.75) is 17.9 Å². The highest BCUT2D eigenvalue weighted by molar-refractivity contribution is 7.99. The molecule has 1 N–H and O–H groups in total. The molecule has 0 saturated heterocycles. The smallest absolute Gasteiger partial charge is 0.268 e. The Kier molecular flexibility index (Phi) is 4.59. The second kappa shape index (κ2) is 6.89. The normalized spacial score (nSPS) is 15.7. The number of amides is 1. The fourth-order valence-corrected chi connectivity index (χ4v) is 4.17. The van der Waals surface area contributed by atoms with Crippen LogP contribution < -0.4 is 10.1 Å². The number of thioether (sulfide) groups is 1. The number of hydrogen-bond acceptors (Lipinski definition) is 3. The first-order chi connectivity index (χ1) is 12.6. The van der Waals surface area contributed by atoms with E-state index in [-0.39, 0.29) is 11.9 Å². The van der Waals surface area contributed by atoms with Gasteiger partial charge in [0.1, 0.15) is 18.1 Å². The number of benzene rings is 2. The fraction of sp³-hybridized carbons (Fsp3) is 0.250. The lowest BCUT2D eigenvalue weighted by Gasteiger charge is -2.12. The van der Waals surface area contributed by atoms with Crippen molar-refractivity contribution < 1.29 is 9.53 Å². The van der Waals surface area contributed by atoms with Gasteiger partial charge in [-0.1, -0.05) is 30.7 Å². The number of halogens is 1. The molecule has 2 heterocycles. The lowest BCUT2D eigenvalue weighted by Crippen LogP contribution is -2.30. The van der Waals surface area contributed by atoms with E-state index < -0.39 is 0 Å². The number of rotatable bonds is 4.